The zero-order valence-corrected chi connectivity index (χ0v) is 9.89. The normalized spacial score (nSPS) is 24.0. The van der Waals surface area contributed by atoms with E-state index in [4.69, 9.17) is 5.26 Å². The third kappa shape index (κ3) is 2.45. The number of carbonyl (C=O) groups excluding carboxylic acids is 1. The van der Waals surface area contributed by atoms with Crippen LogP contribution in [0.5, 0.6) is 0 Å². The van der Waals surface area contributed by atoms with Crippen LogP contribution in [-0.4, -0.2) is 5.78 Å². The Bertz CT molecular complexity index is 481. The van der Waals surface area contributed by atoms with Crippen molar-refractivity contribution in [1.82, 2.24) is 0 Å². The summed E-state index contributed by atoms with van der Waals surface area (Å²) in [5.41, 5.74) is 1.59. The largest absolute Gasteiger partial charge is 0.293 e. The van der Waals surface area contributed by atoms with Crippen molar-refractivity contribution < 1.29 is 4.79 Å². The Morgan fingerprint density at radius 2 is 2.06 bits per heavy atom. The van der Waals surface area contributed by atoms with Crippen LogP contribution in [0, 0.1) is 23.2 Å². The minimum Gasteiger partial charge on any atom is -0.293 e. The predicted molar refractivity (Wildman–Crippen MR) is 66.1 cm³/mol. The number of hydrogen-bond acceptors (Lipinski definition) is 2. The zero-order chi connectivity index (χ0) is 12.3. The molecule has 17 heavy (non-hydrogen) atoms. The smallest absolute Gasteiger partial charge is 0.176 e. The molecule has 2 atom stereocenters. The lowest BCUT2D eigenvalue weighted by atomic mass is 9.77. The van der Waals surface area contributed by atoms with Crippen LogP contribution in [0.15, 0.2) is 42.0 Å². The van der Waals surface area contributed by atoms with Crippen LogP contribution in [0.3, 0.4) is 0 Å². The number of hydrogen-bond donors (Lipinski definition) is 0. The molecule has 2 unspecified atom stereocenters. The maximum absolute atomic E-state index is 11.9. The molecule has 0 aromatic heterocycles. The SMILES string of the molecule is CC1C(=O)C(C#N)=CCC1Cc1ccccc1. The summed E-state index contributed by atoms with van der Waals surface area (Å²) in [6, 6.07) is 12.2. The fourth-order valence-electron chi connectivity index (χ4n) is 2.31. The van der Waals surface area contributed by atoms with Gasteiger partial charge in [0.2, 0.25) is 0 Å². The Balaban J connectivity index is 2.13. The lowest BCUT2D eigenvalue weighted by Gasteiger charge is -2.25. The zero-order valence-electron chi connectivity index (χ0n) is 9.89. The first kappa shape index (κ1) is 11.6. The maximum atomic E-state index is 11.9. The Kier molecular flexibility index (Phi) is 3.39. The highest BCUT2D eigenvalue weighted by Crippen LogP contribution is 2.29. The molecule has 2 heteroatoms. The van der Waals surface area contributed by atoms with Gasteiger partial charge in [-0.2, -0.15) is 5.26 Å². The first-order chi connectivity index (χ1) is 8.22. The average molecular weight is 225 g/mol. The molecule has 2 nitrogen and oxygen atoms in total. The Morgan fingerprint density at radius 3 is 2.71 bits per heavy atom. The van der Waals surface area contributed by atoms with E-state index >= 15 is 0 Å². The van der Waals surface area contributed by atoms with Gasteiger partial charge in [-0.3, -0.25) is 4.79 Å². The highest BCUT2D eigenvalue weighted by atomic mass is 16.1. The molecule has 0 bridgehead atoms. The molecule has 0 radical (unpaired) electrons. The van der Waals surface area contributed by atoms with Gasteiger partial charge in [0.15, 0.2) is 5.78 Å². The summed E-state index contributed by atoms with van der Waals surface area (Å²) < 4.78 is 0. The van der Waals surface area contributed by atoms with Crippen molar-refractivity contribution in [3.8, 4) is 6.07 Å². The van der Waals surface area contributed by atoms with Gasteiger partial charge in [0.05, 0.1) is 5.57 Å². The number of rotatable bonds is 2. The van der Waals surface area contributed by atoms with Crippen LogP contribution in [-0.2, 0) is 11.2 Å². The summed E-state index contributed by atoms with van der Waals surface area (Å²) in [4.78, 5) is 11.9. The molecular weight excluding hydrogens is 210 g/mol. The number of allylic oxidation sites excluding steroid dienone is 2. The average Bonchev–Trinajstić information content (AvgIpc) is 2.37. The van der Waals surface area contributed by atoms with E-state index in [9.17, 15) is 4.79 Å². The van der Waals surface area contributed by atoms with Crippen molar-refractivity contribution >= 4 is 5.78 Å². The van der Waals surface area contributed by atoms with Gasteiger partial charge in [-0.25, -0.2) is 0 Å². The third-order valence-corrected chi connectivity index (χ3v) is 3.47. The molecule has 1 aromatic carbocycles. The van der Waals surface area contributed by atoms with E-state index in [1.165, 1.54) is 5.56 Å². The number of nitriles is 1. The topological polar surface area (TPSA) is 40.9 Å². The second-order valence-electron chi connectivity index (χ2n) is 4.57. The van der Waals surface area contributed by atoms with Crippen molar-refractivity contribution in [3.63, 3.8) is 0 Å². The lowest BCUT2D eigenvalue weighted by molar-refractivity contribution is -0.120. The molecule has 0 aliphatic heterocycles. The monoisotopic (exact) mass is 225 g/mol. The number of nitrogens with zero attached hydrogens (tertiary/aromatic N) is 1. The summed E-state index contributed by atoms with van der Waals surface area (Å²) in [6.45, 7) is 1.93. The van der Waals surface area contributed by atoms with Crippen LogP contribution in [0.25, 0.3) is 0 Å². The molecule has 86 valence electrons. The molecule has 0 heterocycles. The van der Waals surface area contributed by atoms with Gasteiger partial charge >= 0.3 is 0 Å². The Labute approximate surface area is 102 Å². The number of benzene rings is 1. The van der Waals surface area contributed by atoms with Crippen LogP contribution in [0.2, 0.25) is 0 Å². The van der Waals surface area contributed by atoms with Gasteiger partial charge < -0.3 is 0 Å². The van der Waals surface area contributed by atoms with Gasteiger partial charge in [0.1, 0.15) is 6.07 Å². The third-order valence-electron chi connectivity index (χ3n) is 3.47. The molecule has 0 saturated carbocycles. The summed E-state index contributed by atoms with van der Waals surface area (Å²) in [7, 11) is 0. The second kappa shape index (κ2) is 4.97. The molecular formula is C15H15NO. The highest BCUT2D eigenvalue weighted by Gasteiger charge is 2.29. The van der Waals surface area contributed by atoms with Crippen LogP contribution >= 0.6 is 0 Å². The van der Waals surface area contributed by atoms with Crippen molar-refractivity contribution in [3.05, 3.63) is 47.5 Å². The van der Waals surface area contributed by atoms with E-state index < -0.39 is 0 Å². The van der Waals surface area contributed by atoms with Crippen LogP contribution in [0.1, 0.15) is 18.9 Å². The molecule has 0 N–H and O–H groups in total. The molecule has 1 aliphatic carbocycles. The van der Waals surface area contributed by atoms with Crippen molar-refractivity contribution in [2.75, 3.05) is 0 Å². The number of carbonyl (C=O) groups is 1. The number of Topliss-reactive ketones (excluding diaryl/α,β-unsaturated/α-hetero) is 1. The molecule has 0 saturated heterocycles. The first-order valence-corrected chi connectivity index (χ1v) is 5.90. The van der Waals surface area contributed by atoms with Gasteiger partial charge in [-0.05, 0) is 24.3 Å². The minimum absolute atomic E-state index is 0.000295. The summed E-state index contributed by atoms with van der Waals surface area (Å²) in [5.74, 6) is 0.275. The van der Waals surface area contributed by atoms with Crippen molar-refractivity contribution in [2.24, 2.45) is 11.8 Å². The maximum Gasteiger partial charge on any atom is 0.176 e. The van der Waals surface area contributed by atoms with E-state index in [0.717, 1.165) is 12.8 Å². The van der Waals surface area contributed by atoms with Crippen molar-refractivity contribution in [2.45, 2.75) is 19.8 Å². The standard InChI is InChI=1S/C15H15NO/c1-11-13(7-8-14(10-16)15(11)17)9-12-5-3-2-4-6-12/h2-6,8,11,13H,7,9H2,1H3. The van der Waals surface area contributed by atoms with E-state index in [1.54, 1.807) is 6.08 Å². The summed E-state index contributed by atoms with van der Waals surface area (Å²) in [6.07, 6.45) is 3.52. The Morgan fingerprint density at radius 1 is 1.35 bits per heavy atom. The fourth-order valence-corrected chi connectivity index (χ4v) is 2.31. The molecule has 0 fully saturated rings. The fraction of sp³-hybridized carbons (Fsp3) is 0.333. The quantitative estimate of drug-likeness (QED) is 0.776. The van der Waals surface area contributed by atoms with E-state index in [0.29, 0.717) is 11.5 Å². The number of ketones is 1. The minimum atomic E-state index is -0.0464. The molecule has 2 rings (SSSR count). The second-order valence-corrected chi connectivity index (χ2v) is 4.57. The predicted octanol–water partition coefficient (Wildman–Crippen LogP) is 2.90. The van der Waals surface area contributed by atoms with Crippen molar-refractivity contribution in [1.29, 1.82) is 5.26 Å². The van der Waals surface area contributed by atoms with E-state index in [2.05, 4.69) is 12.1 Å². The van der Waals surface area contributed by atoms with E-state index in [-0.39, 0.29) is 11.7 Å². The van der Waals surface area contributed by atoms with Gasteiger partial charge in [0, 0.05) is 5.92 Å². The molecule has 0 amide bonds. The lowest BCUT2D eigenvalue weighted by Crippen LogP contribution is -2.27. The Hall–Kier alpha value is -1.88. The highest BCUT2D eigenvalue weighted by molar-refractivity contribution is 6.01. The first-order valence-electron chi connectivity index (χ1n) is 5.90. The molecule has 1 aromatic rings. The van der Waals surface area contributed by atoms with Gasteiger partial charge in [-0.15, -0.1) is 0 Å². The van der Waals surface area contributed by atoms with Crippen LogP contribution in [0.4, 0.5) is 0 Å². The van der Waals surface area contributed by atoms with Gasteiger partial charge in [0.25, 0.3) is 0 Å². The van der Waals surface area contributed by atoms with Crippen LogP contribution < -0.4 is 0 Å². The van der Waals surface area contributed by atoms with E-state index in [1.807, 2.05) is 31.2 Å². The molecule has 1 aliphatic rings. The summed E-state index contributed by atoms with van der Waals surface area (Å²) >= 11 is 0. The van der Waals surface area contributed by atoms with Gasteiger partial charge in [-0.1, -0.05) is 43.3 Å². The molecule has 0 spiro atoms. The summed E-state index contributed by atoms with van der Waals surface area (Å²) in [5, 5.41) is 8.82.